The molecule has 180 valence electrons. The van der Waals surface area contributed by atoms with Crippen molar-refractivity contribution in [2.75, 3.05) is 20.1 Å². The zero-order valence-electron chi connectivity index (χ0n) is 19.6. The summed E-state index contributed by atoms with van der Waals surface area (Å²) in [5.74, 6) is 1.53. The van der Waals surface area contributed by atoms with Crippen LogP contribution in [0, 0.1) is 5.92 Å². The maximum atomic E-state index is 13.3. The number of hydrogen-bond acceptors (Lipinski definition) is 6. The zero-order valence-corrected chi connectivity index (χ0v) is 20.4. The molecule has 2 bridgehead atoms. The molecule has 3 aliphatic carbocycles. The number of aromatic hydroxyl groups is 1. The maximum Gasteiger partial charge on any atom is 0.227 e. The van der Waals surface area contributed by atoms with Crippen LogP contribution in [0.4, 0.5) is 0 Å². The van der Waals surface area contributed by atoms with E-state index in [1.54, 1.807) is 17.4 Å². The van der Waals surface area contributed by atoms with E-state index in [0.717, 1.165) is 43.0 Å². The van der Waals surface area contributed by atoms with Crippen molar-refractivity contribution < 1.29 is 19.7 Å². The summed E-state index contributed by atoms with van der Waals surface area (Å²) >= 11 is 1.61. The molecule has 7 rings (SSSR count). The molecule has 34 heavy (non-hydrogen) atoms. The van der Waals surface area contributed by atoms with E-state index in [2.05, 4.69) is 4.90 Å². The molecule has 1 saturated heterocycles. The number of aliphatic hydroxyl groups is 1. The summed E-state index contributed by atoms with van der Waals surface area (Å²) in [4.78, 5) is 17.7. The Morgan fingerprint density at radius 3 is 2.88 bits per heavy atom. The van der Waals surface area contributed by atoms with E-state index in [-0.39, 0.29) is 29.8 Å². The van der Waals surface area contributed by atoms with Gasteiger partial charge >= 0.3 is 0 Å². The van der Waals surface area contributed by atoms with Gasteiger partial charge < -0.3 is 19.8 Å². The number of amides is 1. The second-order valence-corrected chi connectivity index (χ2v) is 12.0. The van der Waals surface area contributed by atoms with E-state index in [0.29, 0.717) is 25.0 Å². The predicted molar refractivity (Wildman–Crippen MR) is 129 cm³/mol. The van der Waals surface area contributed by atoms with Gasteiger partial charge in [-0.25, -0.2) is 0 Å². The number of rotatable bonds is 5. The number of carbonyl (C=O) groups excluding carboxylic acids is 1. The Labute approximate surface area is 204 Å². The average Bonchev–Trinajstić information content (AvgIpc) is 3.34. The highest BCUT2D eigenvalue weighted by Crippen LogP contribution is 2.66. The second-order valence-electron chi connectivity index (χ2n) is 11.2. The van der Waals surface area contributed by atoms with Gasteiger partial charge in [0.05, 0.1) is 23.5 Å². The van der Waals surface area contributed by atoms with Crippen molar-refractivity contribution in [3.8, 4) is 11.5 Å². The molecule has 6 nitrogen and oxygen atoms in total. The molecule has 0 unspecified atom stereocenters. The number of ether oxygens (including phenoxy) is 1. The first-order chi connectivity index (χ1) is 16.4. The number of hydrogen-bond donors (Lipinski definition) is 2. The van der Waals surface area contributed by atoms with E-state index < -0.39 is 11.0 Å². The summed E-state index contributed by atoms with van der Waals surface area (Å²) in [5.41, 5.74) is 1.75. The Hall–Kier alpha value is -2.09. The van der Waals surface area contributed by atoms with Crippen LogP contribution in [0.15, 0.2) is 29.0 Å². The van der Waals surface area contributed by atoms with Gasteiger partial charge in [-0.2, -0.15) is 11.3 Å². The number of benzene rings is 1. The van der Waals surface area contributed by atoms with E-state index in [4.69, 9.17) is 4.74 Å². The van der Waals surface area contributed by atoms with E-state index in [1.165, 1.54) is 18.4 Å². The minimum Gasteiger partial charge on any atom is -0.504 e. The van der Waals surface area contributed by atoms with Gasteiger partial charge in [-0.1, -0.05) is 6.07 Å². The smallest absolute Gasteiger partial charge is 0.227 e. The van der Waals surface area contributed by atoms with Crippen molar-refractivity contribution in [1.29, 1.82) is 0 Å². The Morgan fingerprint density at radius 1 is 1.26 bits per heavy atom. The molecule has 0 radical (unpaired) electrons. The van der Waals surface area contributed by atoms with Crippen LogP contribution in [0.25, 0.3) is 0 Å². The predicted octanol–water partition coefficient (Wildman–Crippen LogP) is 3.09. The number of phenols is 1. The Morgan fingerprint density at radius 2 is 2.12 bits per heavy atom. The highest BCUT2D eigenvalue weighted by atomic mass is 32.1. The quantitative estimate of drug-likeness (QED) is 0.688. The van der Waals surface area contributed by atoms with Crippen LogP contribution in [-0.2, 0) is 23.1 Å². The molecule has 2 aromatic rings. The van der Waals surface area contributed by atoms with Crippen LogP contribution in [-0.4, -0.2) is 69.8 Å². The number of phenolic OH excluding ortho intramolecular Hbond substituents is 1. The minimum absolute atomic E-state index is 0.0590. The minimum atomic E-state index is -0.912. The van der Waals surface area contributed by atoms with Crippen LogP contribution in [0.1, 0.15) is 48.8 Å². The topological polar surface area (TPSA) is 73.2 Å². The molecule has 2 N–H and O–H groups in total. The first kappa shape index (κ1) is 21.2. The van der Waals surface area contributed by atoms with Crippen LogP contribution in [0.2, 0.25) is 0 Å². The standard InChI is InChI=1S/C27H32N2O4S/c1-28(22(31)12-17-7-11-34-15-17)19-6-8-27(32)21-13-18-4-5-20(30)24-23(18)26(27,25(19)33-24)9-10-29(21)14-16-2-3-16/h4-5,7,11,15-16,19,21,25,30,32H,2-3,6,8-10,12-14H2,1H3/t19-,21-,25+,26+,27-/m1/s1. The van der Waals surface area contributed by atoms with Gasteiger partial charge in [0.25, 0.3) is 0 Å². The lowest BCUT2D eigenvalue weighted by atomic mass is 9.48. The summed E-state index contributed by atoms with van der Waals surface area (Å²) in [6.45, 7) is 1.99. The maximum absolute atomic E-state index is 13.3. The van der Waals surface area contributed by atoms with Gasteiger partial charge in [0.2, 0.25) is 5.91 Å². The first-order valence-corrected chi connectivity index (χ1v) is 13.6. The zero-order chi connectivity index (χ0) is 23.2. The normalized spacial score (nSPS) is 35.5. The van der Waals surface area contributed by atoms with Gasteiger partial charge in [-0.3, -0.25) is 9.69 Å². The number of thiophene rings is 1. The largest absolute Gasteiger partial charge is 0.504 e. The summed E-state index contributed by atoms with van der Waals surface area (Å²) in [6.07, 6.45) is 5.56. The first-order valence-electron chi connectivity index (χ1n) is 12.7. The van der Waals surface area contributed by atoms with E-state index >= 15 is 0 Å². The number of likely N-dealkylation sites (N-methyl/N-ethyl adjacent to an activating group) is 1. The molecule has 1 aromatic carbocycles. The third kappa shape index (κ3) is 2.72. The van der Waals surface area contributed by atoms with Gasteiger partial charge in [-0.05, 0) is 85.0 Å². The van der Waals surface area contributed by atoms with Crippen molar-refractivity contribution in [3.63, 3.8) is 0 Å². The average molecular weight is 481 g/mol. The highest BCUT2D eigenvalue weighted by molar-refractivity contribution is 7.08. The summed E-state index contributed by atoms with van der Waals surface area (Å²) in [7, 11) is 1.88. The SMILES string of the molecule is CN(C(=O)Cc1ccsc1)[C@@H]1CC[C@@]2(O)[C@H]3Cc4ccc(O)c5c4[C@@]2(CCN3CC2CC2)[C@H]1O5. The highest BCUT2D eigenvalue weighted by Gasteiger charge is 2.73. The summed E-state index contributed by atoms with van der Waals surface area (Å²) in [6, 6.07) is 5.70. The lowest BCUT2D eigenvalue weighted by Crippen LogP contribution is -2.78. The van der Waals surface area contributed by atoms with Gasteiger partial charge in [0.1, 0.15) is 6.10 Å². The summed E-state index contributed by atoms with van der Waals surface area (Å²) in [5, 5.41) is 27.4. The van der Waals surface area contributed by atoms with Gasteiger partial charge in [0, 0.05) is 25.2 Å². The molecule has 5 atom stereocenters. The molecule has 1 amide bonds. The van der Waals surface area contributed by atoms with Gasteiger partial charge in [0.15, 0.2) is 11.5 Å². The number of carbonyl (C=O) groups is 1. The van der Waals surface area contributed by atoms with Crippen LogP contribution in [0.3, 0.4) is 0 Å². The number of piperidine rings is 1. The molecule has 2 aliphatic heterocycles. The molecule has 7 heteroatoms. The fraction of sp³-hybridized carbons (Fsp3) is 0.593. The summed E-state index contributed by atoms with van der Waals surface area (Å²) < 4.78 is 6.60. The Bertz CT molecular complexity index is 1150. The van der Waals surface area contributed by atoms with E-state index in [1.807, 2.05) is 34.8 Å². The number of nitrogens with zero attached hydrogens (tertiary/aromatic N) is 2. The van der Waals surface area contributed by atoms with Crippen molar-refractivity contribution in [3.05, 3.63) is 45.6 Å². The fourth-order valence-corrected chi connectivity index (χ4v) is 8.40. The Kier molecular flexibility index (Phi) is 4.50. The molecule has 5 aliphatic rings. The third-order valence-electron chi connectivity index (χ3n) is 9.56. The van der Waals surface area contributed by atoms with Crippen molar-refractivity contribution in [2.45, 2.75) is 74.1 Å². The van der Waals surface area contributed by atoms with Gasteiger partial charge in [-0.15, -0.1) is 0 Å². The van der Waals surface area contributed by atoms with Crippen molar-refractivity contribution in [1.82, 2.24) is 9.80 Å². The molecular formula is C27H32N2O4S. The molecule has 3 heterocycles. The van der Waals surface area contributed by atoms with Crippen LogP contribution in [0.5, 0.6) is 11.5 Å². The van der Waals surface area contributed by atoms with Crippen molar-refractivity contribution >= 4 is 17.2 Å². The monoisotopic (exact) mass is 480 g/mol. The molecular weight excluding hydrogens is 448 g/mol. The Balaban J connectivity index is 1.29. The second kappa shape index (κ2) is 7.21. The molecule has 2 saturated carbocycles. The fourth-order valence-electron chi connectivity index (χ4n) is 7.73. The number of likely N-dealkylation sites (tertiary alicyclic amines) is 1. The lowest BCUT2D eigenvalue weighted by Gasteiger charge is -2.64. The molecule has 3 fully saturated rings. The van der Waals surface area contributed by atoms with Crippen LogP contribution < -0.4 is 4.74 Å². The van der Waals surface area contributed by atoms with Crippen LogP contribution >= 0.6 is 11.3 Å². The molecule has 1 aromatic heterocycles. The van der Waals surface area contributed by atoms with E-state index in [9.17, 15) is 15.0 Å². The molecule has 1 spiro atoms. The van der Waals surface area contributed by atoms with Crippen molar-refractivity contribution in [2.24, 2.45) is 5.92 Å². The third-order valence-corrected chi connectivity index (χ3v) is 10.3. The lowest BCUT2D eigenvalue weighted by molar-refractivity contribution is -0.200.